The van der Waals surface area contributed by atoms with Gasteiger partial charge in [0.05, 0.1) is 12.6 Å². The SMILES string of the molecule is CC1CCC(C(=O)NCc2ccccc2C#CCN)O1. The van der Waals surface area contributed by atoms with Gasteiger partial charge in [-0.2, -0.15) is 0 Å². The van der Waals surface area contributed by atoms with Crippen LogP contribution in [0.5, 0.6) is 0 Å². The molecular weight excluding hydrogens is 252 g/mol. The van der Waals surface area contributed by atoms with E-state index in [1.807, 2.05) is 31.2 Å². The fraction of sp³-hybridized carbons (Fsp3) is 0.438. The van der Waals surface area contributed by atoms with E-state index in [0.717, 1.165) is 24.0 Å². The van der Waals surface area contributed by atoms with Crippen molar-refractivity contribution in [1.82, 2.24) is 5.32 Å². The van der Waals surface area contributed by atoms with Crippen molar-refractivity contribution >= 4 is 5.91 Å². The molecule has 1 heterocycles. The zero-order valence-electron chi connectivity index (χ0n) is 11.7. The van der Waals surface area contributed by atoms with Crippen molar-refractivity contribution in [3.8, 4) is 11.8 Å². The first-order valence-electron chi connectivity index (χ1n) is 6.90. The highest BCUT2D eigenvalue weighted by atomic mass is 16.5. The van der Waals surface area contributed by atoms with Crippen LogP contribution in [0.3, 0.4) is 0 Å². The summed E-state index contributed by atoms with van der Waals surface area (Å²) >= 11 is 0. The second kappa shape index (κ2) is 7.09. The summed E-state index contributed by atoms with van der Waals surface area (Å²) in [4.78, 5) is 12.0. The molecule has 2 unspecified atom stereocenters. The van der Waals surface area contributed by atoms with Crippen molar-refractivity contribution in [2.75, 3.05) is 6.54 Å². The molecule has 4 nitrogen and oxygen atoms in total. The molecular formula is C16H20N2O2. The number of nitrogens with one attached hydrogen (secondary N) is 1. The average molecular weight is 272 g/mol. The van der Waals surface area contributed by atoms with E-state index in [2.05, 4.69) is 17.2 Å². The number of hydrogen-bond acceptors (Lipinski definition) is 3. The van der Waals surface area contributed by atoms with Gasteiger partial charge in [0.2, 0.25) is 5.91 Å². The zero-order valence-corrected chi connectivity index (χ0v) is 11.7. The van der Waals surface area contributed by atoms with Gasteiger partial charge in [0.25, 0.3) is 0 Å². The minimum absolute atomic E-state index is 0.0454. The Hall–Kier alpha value is -1.83. The van der Waals surface area contributed by atoms with Crippen molar-refractivity contribution in [3.63, 3.8) is 0 Å². The predicted octanol–water partition coefficient (Wildman–Crippen LogP) is 1.18. The summed E-state index contributed by atoms with van der Waals surface area (Å²) in [6, 6.07) is 7.74. The van der Waals surface area contributed by atoms with Crippen molar-refractivity contribution in [3.05, 3.63) is 35.4 Å². The molecule has 0 spiro atoms. The smallest absolute Gasteiger partial charge is 0.249 e. The van der Waals surface area contributed by atoms with Gasteiger partial charge in [-0.25, -0.2) is 0 Å². The summed E-state index contributed by atoms with van der Waals surface area (Å²) in [5.41, 5.74) is 7.28. The van der Waals surface area contributed by atoms with Crippen LogP contribution >= 0.6 is 0 Å². The number of amides is 1. The highest BCUT2D eigenvalue weighted by Crippen LogP contribution is 2.19. The molecule has 1 amide bonds. The monoisotopic (exact) mass is 272 g/mol. The molecule has 2 atom stereocenters. The lowest BCUT2D eigenvalue weighted by Crippen LogP contribution is -2.34. The third-order valence-corrected chi connectivity index (χ3v) is 3.32. The highest BCUT2D eigenvalue weighted by Gasteiger charge is 2.27. The van der Waals surface area contributed by atoms with Gasteiger partial charge in [-0.1, -0.05) is 30.0 Å². The minimum atomic E-state index is -0.313. The van der Waals surface area contributed by atoms with E-state index < -0.39 is 0 Å². The maximum Gasteiger partial charge on any atom is 0.249 e. The van der Waals surface area contributed by atoms with E-state index in [1.165, 1.54) is 0 Å². The van der Waals surface area contributed by atoms with Crippen LogP contribution in [0.15, 0.2) is 24.3 Å². The van der Waals surface area contributed by atoms with Crippen molar-refractivity contribution in [2.45, 2.75) is 38.5 Å². The Morgan fingerprint density at radius 3 is 2.95 bits per heavy atom. The van der Waals surface area contributed by atoms with Gasteiger partial charge < -0.3 is 15.8 Å². The average Bonchev–Trinajstić information content (AvgIpc) is 2.90. The van der Waals surface area contributed by atoms with E-state index in [0.29, 0.717) is 13.1 Å². The first-order valence-corrected chi connectivity index (χ1v) is 6.90. The molecule has 3 N–H and O–H groups in total. The van der Waals surface area contributed by atoms with Crippen LogP contribution in [0, 0.1) is 11.8 Å². The normalized spacial score (nSPS) is 21.1. The largest absolute Gasteiger partial charge is 0.365 e. The van der Waals surface area contributed by atoms with Crippen LogP contribution in [-0.2, 0) is 16.1 Å². The summed E-state index contributed by atoms with van der Waals surface area (Å²) in [5.74, 6) is 5.80. The second-order valence-electron chi connectivity index (χ2n) is 4.89. The number of ether oxygens (including phenoxy) is 1. The number of nitrogens with two attached hydrogens (primary N) is 1. The van der Waals surface area contributed by atoms with Gasteiger partial charge in [0.15, 0.2) is 0 Å². The highest BCUT2D eigenvalue weighted by molar-refractivity contribution is 5.81. The Morgan fingerprint density at radius 2 is 2.25 bits per heavy atom. The fourth-order valence-electron chi connectivity index (χ4n) is 2.23. The molecule has 20 heavy (non-hydrogen) atoms. The maximum atomic E-state index is 12.0. The van der Waals surface area contributed by atoms with Crippen LogP contribution in [0.4, 0.5) is 0 Å². The Bertz CT molecular complexity index is 531. The Kier molecular flexibility index (Phi) is 5.16. The number of benzene rings is 1. The molecule has 4 heteroatoms. The second-order valence-corrected chi connectivity index (χ2v) is 4.89. The van der Waals surface area contributed by atoms with Gasteiger partial charge in [0, 0.05) is 12.1 Å². The van der Waals surface area contributed by atoms with Crippen LogP contribution in [0.25, 0.3) is 0 Å². The molecule has 0 radical (unpaired) electrons. The quantitative estimate of drug-likeness (QED) is 0.812. The standard InChI is InChI=1S/C16H20N2O2/c1-12-8-9-15(20-12)16(19)18-11-14-6-3-2-5-13(14)7-4-10-17/h2-3,5-6,12,15H,8-11,17H2,1H3,(H,18,19). The number of carbonyl (C=O) groups excluding carboxylic acids is 1. The molecule has 1 aliphatic heterocycles. The summed E-state index contributed by atoms with van der Waals surface area (Å²) in [6.07, 6.45) is 1.60. The predicted molar refractivity (Wildman–Crippen MR) is 77.8 cm³/mol. The van der Waals surface area contributed by atoms with Crippen molar-refractivity contribution in [2.24, 2.45) is 5.73 Å². The summed E-state index contributed by atoms with van der Waals surface area (Å²) < 4.78 is 5.55. The van der Waals surface area contributed by atoms with E-state index in [4.69, 9.17) is 10.5 Å². The number of carbonyl (C=O) groups is 1. The maximum absolute atomic E-state index is 12.0. The third-order valence-electron chi connectivity index (χ3n) is 3.32. The van der Waals surface area contributed by atoms with Crippen molar-refractivity contribution < 1.29 is 9.53 Å². The number of rotatable bonds is 3. The minimum Gasteiger partial charge on any atom is -0.365 e. The van der Waals surface area contributed by atoms with Gasteiger partial charge in [-0.05, 0) is 31.4 Å². The molecule has 1 aromatic carbocycles. The summed E-state index contributed by atoms with van der Waals surface area (Å²) in [5, 5.41) is 2.92. The topological polar surface area (TPSA) is 64.4 Å². The van der Waals surface area contributed by atoms with Crippen LogP contribution in [-0.4, -0.2) is 24.7 Å². The van der Waals surface area contributed by atoms with Crippen LogP contribution in [0.2, 0.25) is 0 Å². The molecule has 2 rings (SSSR count). The lowest BCUT2D eigenvalue weighted by molar-refractivity contribution is -0.131. The molecule has 1 fully saturated rings. The molecule has 0 aliphatic carbocycles. The Balaban J connectivity index is 1.95. The van der Waals surface area contributed by atoms with Crippen LogP contribution < -0.4 is 11.1 Å². The molecule has 1 aromatic rings. The van der Waals surface area contributed by atoms with E-state index in [9.17, 15) is 4.79 Å². The van der Waals surface area contributed by atoms with Crippen LogP contribution in [0.1, 0.15) is 30.9 Å². The first-order chi connectivity index (χ1) is 9.70. The van der Waals surface area contributed by atoms with Crippen molar-refractivity contribution in [1.29, 1.82) is 0 Å². The van der Waals surface area contributed by atoms with Gasteiger partial charge >= 0.3 is 0 Å². The molecule has 106 valence electrons. The molecule has 1 aliphatic rings. The van der Waals surface area contributed by atoms with Gasteiger partial charge in [-0.15, -0.1) is 0 Å². The Morgan fingerprint density at radius 1 is 1.45 bits per heavy atom. The van der Waals surface area contributed by atoms with E-state index in [-0.39, 0.29) is 18.1 Å². The first kappa shape index (κ1) is 14.6. The summed E-state index contributed by atoms with van der Waals surface area (Å²) in [7, 11) is 0. The number of hydrogen-bond donors (Lipinski definition) is 2. The lowest BCUT2D eigenvalue weighted by atomic mass is 10.1. The molecule has 1 saturated heterocycles. The zero-order chi connectivity index (χ0) is 14.4. The van der Waals surface area contributed by atoms with E-state index in [1.54, 1.807) is 0 Å². The van der Waals surface area contributed by atoms with Gasteiger partial charge in [0.1, 0.15) is 6.10 Å². The third kappa shape index (κ3) is 3.83. The van der Waals surface area contributed by atoms with Gasteiger partial charge in [-0.3, -0.25) is 4.79 Å². The Labute approximate surface area is 119 Å². The lowest BCUT2D eigenvalue weighted by Gasteiger charge is -2.12. The molecule has 0 saturated carbocycles. The molecule has 0 bridgehead atoms. The summed E-state index contributed by atoms with van der Waals surface area (Å²) in [6.45, 7) is 2.78. The van der Waals surface area contributed by atoms with E-state index >= 15 is 0 Å². The fourth-order valence-corrected chi connectivity index (χ4v) is 2.23. The molecule has 0 aromatic heterocycles.